The second-order valence-electron chi connectivity index (χ2n) is 1.00. The second kappa shape index (κ2) is 3.41. The van der Waals surface area contributed by atoms with Crippen molar-refractivity contribution in [3.8, 4) is 0 Å². The van der Waals surface area contributed by atoms with E-state index < -0.39 is 0 Å². The zero-order valence-corrected chi connectivity index (χ0v) is 6.60. The maximum Gasteiger partial charge on any atom is 0 e. The van der Waals surface area contributed by atoms with Crippen LogP contribution in [0.15, 0.2) is 18.2 Å². The molecule has 0 aliphatic heterocycles. The molecule has 0 aromatic rings. The van der Waals surface area contributed by atoms with Gasteiger partial charge in [-0.25, -0.2) is 12.2 Å². The van der Waals surface area contributed by atoms with Crippen LogP contribution in [-0.4, -0.2) is 0 Å². The van der Waals surface area contributed by atoms with Crippen LogP contribution in [0.1, 0.15) is 6.42 Å². The number of rotatable bonds is 0. The standard InChI is InChI=1S/C5H5.Ta/c1-2-4-5-3-1;/h1-3H,4H2;/q-1;. The molecule has 1 aliphatic carbocycles. The van der Waals surface area contributed by atoms with Gasteiger partial charge in [0.15, 0.2) is 0 Å². The Balaban J connectivity index is 0.000000250. The van der Waals surface area contributed by atoms with Crippen LogP contribution in [-0.2, 0) is 22.4 Å². The molecule has 0 spiro atoms. The van der Waals surface area contributed by atoms with E-state index in [1.165, 1.54) is 0 Å². The molecule has 31 valence electrons. The first-order valence-electron chi connectivity index (χ1n) is 1.72. The van der Waals surface area contributed by atoms with Gasteiger partial charge in [-0.15, -0.1) is 6.42 Å². The van der Waals surface area contributed by atoms with Crippen LogP contribution in [0.25, 0.3) is 0 Å². The molecular weight excluding hydrogens is 241 g/mol. The van der Waals surface area contributed by atoms with Crippen molar-refractivity contribution in [2.45, 2.75) is 6.42 Å². The summed E-state index contributed by atoms with van der Waals surface area (Å²) < 4.78 is 0. The summed E-state index contributed by atoms with van der Waals surface area (Å²) >= 11 is 0. The van der Waals surface area contributed by atoms with E-state index >= 15 is 0 Å². The molecule has 0 atom stereocenters. The molecule has 1 rings (SSSR count). The number of allylic oxidation sites excluding steroid dienone is 4. The van der Waals surface area contributed by atoms with Crippen molar-refractivity contribution < 1.29 is 22.4 Å². The molecule has 0 N–H and O–H groups in total. The Kier molecular flexibility index (Phi) is 3.54. The molecule has 0 saturated carbocycles. The smallest absolute Gasteiger partial charge is 0 e. The van der Waals surface area contributed by atoms with Crippen molar-refractivity contribution in [2.24, 2.45) is 0 Å². The SMILES string of the molecule is [C-]1=CC=CC1.[Ta]. The van der Waals surface area contributed by atoms with Gasteiger partial charge in [0.1, 0.15) is 0 Å². The molecule has 0 aromatic heterocycles. The Labute approximate surface area is 53.4 Å². The molecule has 0 bridgehead atoms. The predicted molar refractivity (Wildman–Crippen MR) is 21.6 cm³/mol. The van der Waals surface area contributed by atoms with E-state index in [0.717, 1.165) is 6.42 Å². The van der Waals surface area contributed by atoms with Gasteiger partial charge in [0, 0.05) is 22.4 Å². The third-order valence-electron chi connectivity index (χ3n) is 0.586. The summed E-state index contributed by atoms with van der Waals surface area (Å²) in [7, 11) is 0. The van der Waals surface area contributed by atoms with E-state index in [0.29, 0.717) is 0 Å². The fourth-order valence-corrected chi connectivity index (χ4v) is 0.340. The largest absolute Gasteiger partial charge is 0.273 e. The van der Waals surface area contributed by atoms with Crippen molar-refractivity contribution >= 4 is 0 Å². The van der Waals surface area contributed by atoms with Gasteiger partial charge >= 0.3 is 0 Å². The Morgan fingerprint density at radius 1 is 1.50 bits per heavy atom. The van der Waals surface area contributed by atoms with Gasteiger partial charge in [-0.2, -0.15) is 6.08 Å². The molecule has 0 heterocycles. The van der Waals surface area contributed by atoms with E-state index in [1.54, 1.807) is 0 Å². The minimum Gasteiger partial charge on any atom is -0.273 e. The fraction of sp³-hybridized carbons (Fsp3) is 0.200. The van der Waals surface area contributed by atoms with Crippen LogP contribution in [0.3, 0.4) is 0 Å². The van der Waals surface area contributed by atoms with Crippen LogP contribution >= 0.6 is 0 Å². The number of hydrogen-bond donors (Lipinski definition) is 0. The topological polar surface area (TPSA) is 0 Å². The summed E-state index contributed by atoms with van der Waals surface area (Å²) in [6.07, 6.45) is 10.0. The first-order chi connectivity index (χ1) is 2.50. The van der Waals surface area contributed by atoms with Gasteiger partial charge in [0.25, 0.3) is 0 Å². The van der Waals surface area contributed by atoms with Crippen molar-refractivity contribution in [1.82, 2.24) is 0 Å². The first kappa shape index (κ1) is 6.22. The van der Waals surface area contributed by atoms with Crippen molar-refractivity contribution in [1.29, 1.82) is 0 Å². The predicted octanol–water partition coefficient (Wildman–Crippen LogP) is 1.30. The maximum atomic E-state index is 2.99. The zero-order chi connectivity index (χ0) is 3.54. The molecule has 1 aliphatic rings. The molecular formula is C5H5Ta-. The Bertz CT molecular complexity index is 62.0. The molecule has 1 heteroatoms. The van der Waals surface area contributed by atoms with Gasteiger partial charge in [-0.1, -0.05) is 0 Å². The summed E-state index contributed by atoms with van der Waals surface area (Å²) in [6, 6.07) is 0. The van der Waals surface area contributed by atoms with Gasteiger partial charge in [0.05, 0.1) is 0 Å². The minimum atomic E-state index is 0. The van der Waals surface area contributed by atoms with Crippen LogP contribution in [0, 0.1) is 6.08 Å². The van der Waals surface area contributed by atoms with E-state index in [1.807, 2.05) is 12.2 Å². The van der Waals surface area contributed by atoms with Crippen LogP contribution in [0.4, 0.5) is 0 Å². The number of hydrogen-bond acceptors (Lipinski definition) is 0. The molecule has 0 aromatic carbocycles. The summed E-state index contributed by atoms with van der Waals surface area (Å²) in [4.78, 5) is 0. The molecule has 6 heavy (non-hydrogen) atoms. The molecule has 0 saturated heterocycles. The zero-order valence-electron chi connectivity index (χ0n) is 3.39. The molecule has 0 fully saturated rings. The maximum absolute atomic E-state index is 2.99. The van der Waals surface area contributed by atoms with Crippen LogP contribution in [0.5, 0.6) is 0 Å². The van der Waals surface area contributed by atoms with Crippen LogP contribution < -0.4 is 0 Å². The summed E-state index contributed by atoms with van der Waals surface area (Å²) in [6.45, 7) is 0. The second-order valence-corrected chi connectivity index (χ2v) is 1.00. The Hall–Kier alpha value is 0.220. The summed E-state index contributed by atoms with van der Waals surface area (Å²) in [5.74, 6) is 0. The average Bonchev–Trinajstić information content (AvgIpc) is 1.76. The molecule has 1 radical (unpaired) electrons. The summed E-state index contributed by atoms with van der Waals surface area (Å²) in [5.41, 5.74) is 0. The first-order valence-corrected chi connectivity index (χ1v) is 1.72. The van der Waals surface area contributed by atoms with Gasteiger partial charge in [0.2, 0.25) is 0 Å². The van der Waals surface area contributed by atoms with E-state index in [-0.39, 0.29) is 22.4 Å². The molecule has 0 amide bonds. The van der Waals surface area contributed by atoms with E-state index in [4.69, 9.17) is 0 Å². The average molecular weight is 246 g/mol. The van der Waals surface area contributed by atoms with E-state index in [9.17, 15) is 0 Å². The van der Waals surface area contributed by atoms with Crippen molar-refractivity contribution in [3.05, 3.63) is 24.3 Å². The van der Waals surface area contributed by atoms with E-state index in [2.05, 4.69) is 12.2 Å². The van der Waals surface area contributed by atoms with Gasteiger partial charge < -0.3 is 0 Å². The molecule has 0 nitrogen and oxygen atoms in total. The summed E-state index contributed by atoms with van der Waals surface area (Å²) in [5, 5.41) is 0. The van der Waals surface area contributed by atoms with Crippen molar-refractivity contribution in [2.75, 3.05) is 0 Å². The third-order valence-corrected chi connectivity index (χ3v) is 0.586. The quantitative estimate of drug-likeness (QED) is 0.565. The third kappa shape index (κ3) is 1.61. The fourth-order valence-electron chi connectivity index (χ4n) is 0.340. The van der Waals surface area contributed by atoms with Gasteiger partial charge in [-0.3, -0.25) is 6.08 Å². The Morgan fingerprint density at radius 3 is 2.50 bits per heavy atom. The van der Waals surface area contributed by atoms with Crippen molar-refractivity contribution in [3.63, 3.8) is 0 Å². The minimum absolute atomic E-state index is 0. The normalized spacial score (nSPS) is 14.7. The van der Waals surface area contributed by atoms with Crippen LogP contribution in [0.2, 0.25) is 0 Å². The van der Waals surface area contributed by atoms with Gasteiger partial charge in [-0.05, 0) is 0 Å². The Morgan fingerprint density at radius 2 is 2.33 bits per heavy atom. The monoisotopic (exact) mass is 246 g/mol. The molecule has 0 unspecified atom stereocenters.